The third kappa shape index (κ3) is 2.75. The first-order valence-corrected chi connectivity index (χ1v) is 5.60. The molecule has 15 heavy (non-hydrogen) atoms. The lowest BCUT2D eigenvalue weighted by molar-refractivity contribution is 0.185. The molecule has 0 spiro atoms. The van der Waals surface area contributed by atoms with E-state index in [0.717, 1.165) is 25.0 Å². The van der Waals surface area contributed by atoms with E-state index in [4.69, 9.17) is 4.84 Å². The molecule has 1 aliphatic rings. The zero-order chi connectivity index (χ0) is 10.7. The van der Waals surface area contributed by atoms with Crippen molar-refractivity contribution in [1.82, 2.24) is 0 Å². The average Bonchev–Trinajstić information content (AvgIpc) is 2.71. The zero-order valence-electron chi connectivity index (χ0n) is 9.44. The molecule has 0 amide bonds. The molecule has 0 unspecified atom stereocenters. The molecule has 1 radical (unpaired) electrons. The van der Waals surface area contributed by atoms with Gasteiger partial charge < -0.3 is 4.97 Å². The van der Waals surface area contributed by atoms with Gasteiger partial charge in [-0.1, -0.05) is 26.0 Å². The minimum atomic E-state index is 0.713. The monoisotopic (exact) mass is 202 g/mol. The summed E-state index contributed by atoms with van der Waals surface area (Å²) in [6, 6.07) is 8.62. The van der Waals surface area contributed by atoms with Crippen LogP contribution in [-0.4, -0.2) is 14.0 Å². The molecule has 1 heterocycles. The lowest BCUT2D eigenvalue weighted by Crippen LogP contribution is -2.18. The standard InChI is InChI=1S/C12H17BNO/c1-10(2)9-11-3-5-12(6-4-11)14-13-7-8-15-14/h3-6,10H,7-9H2,1-2H3. The lowest BCUT2D eigenvalue weighted by atomic mass is 9.90. The zero-order valence-corrected chi connectivity index (χ0v) is 9.44. The Bertz CT molecular complexity index is 304. The highest BCUT2D eigenvalue weighted by Gasteiger charge is 2.14. The van der Waals surface area contributed by atoms with Crippen molar-refractivity contribution in [3.63, 3.8) is 0 Å². The van der Waals surface area contributed by atoms with E-state index in [9.17, 15) is 0 Å². The van der Waals surface area contributed by atoms with E-state index in [2.05, 4.69) is 45.5 Å². The fraction of sp³-hybridized carbons (Fsp3) is 0.500. The predicted octanol–water partition coefficient (Wildman–Crippen LogP) is 2.67. The van der Waals surface area contributed by atoms with E-state index in [1.54, 1.807) is 0 Å². The molecule has 0 saturated carbocycles. The molecule has 0 bridgehead atoms. The van der Waals surface area contributed by atoms with Crippen molar-refractivity contribution in [2.45, 2.75) is 26.6 Å². The van der Waals surface area contributed by atoms with Gasteiger partial charge in [-0.3, -0.25) is 4.84 Å². The van der Waals surface area contributed by atoms with Gasteiger partial charge in [0.15, 0.2) is 0 Å². The van der Waals surface area contributed by atoms with Crippen LogP contribution in [0.2, 0.25) is 6.32 Å². The van der Waals surface area contributed by atoms with Gasteiger partial charge in [-0.05, 0) is 36.4 Å². The Balaban J connectivity index is 2.03. The van der Waals surface area contributed by atoms with Crippen LogP contribution < -0.4 is 4.97 Å². The van der Waals surface area contributed by atoms with Gasteiger partial charge in [0.25, 0.3) is 7.41 Å². The summed E-state index contributed by atoms with van der Waals surface area (Å²) in [5.74, 6) is 0.713. The molecule has 0 N–H and O–H groups in total. The maximum absolute atomic E-state index is 5.44. The number of rotatable bonds is 3. The Morgan fingerprint density at radius 3 is 2.60 bits per heavy atom. The summed E-state index contributed by atoms with van der Waals surface area (Å²) in [7, 11) is 2.08. The molecule has 0 aliphatic carbocycles. The average molecular weight is 202 g/mol. The van der Waals surface area contributed by atoms with Crippen LogP contribution >= 0.6 is 0 Å². The maximum atomic E-state index is 5.44. The Kier molecular flexibility index (Phi) is 3.32. The SMILES string of the molecule is CC(C)Cc1ccc(N2[B]CCO2)cc1. The molecule has 79 valence electrons. The number of benzene rings is 1. The summed E-state index contributed by atoms with van der Waals surface area (Å²) in [6.07, 6.45) is 2.15. The summed E-state index contributed by atoms with van der Waals surface area (Å²) in [6.45, 7) is 5.28. The van der Waals surface area contributed by atoms with Crippen LogP contribution in [0.25, 0.3) is 0 Å². The summed E-state index contributed by atoms with van der Waals surface area (Å²) < 4.78 is 0. The highest BCUT2D eigenvalue weighted by atomic mass is 16.7. The lowest BCUT2D eigenvalue weighted by Gasteiger charge is -2.16. The molecule has 1 aromatic carbocycles. The van der Waals surface area contributed by atoms with Crippen LogP contribution in [0.15, 0.2) is 24.3 Å². The summed E-state index contributed by atoms with van der Waals surface area (Å²) in [4.78, 5) is 7.30. The first-order valence-electron chi connectivity index (χ1n) is 5.60. The van der Waals surface area contributed by atoms with Crippen LogP contribution in [0.1, 0.15) is 19.4 Å². The van der Waals surface area contributed by atoms with Gasteiger partial charge in [0, 0.05) is 5.69 Å². The van der Waals surface area contributed by atoms with Crippen molar-refractivity contribution in [3.8, 4) is 0 Å². The molecular formula is C12H17BNO. The van der Waals surface area contributed by atoms with E-state index in [-0.39, 0.29) is 0 Å². The summed E-state index contributed by atoms with van der Waals surface area (Å²) in [5, 5.41) is 0. The molecule has 1 aliphatic heterocycles. The Labute approximate surface area is 92.5 Å². The minimum absolute atomic E-state index is 0.713. The largest absolute Gasteiger partial charge is 0.306 e. The van der Waals surface area contributed by atoms with Crippen molar-refractivity contribution in [2.24, 2.45) is 5.92 Å². The third-order valence-corrected chi connectivity index (χ3v) is 2.48. The molecule has 1 aromatic rings. The van der Waals surface area contributed by atoms with Gasteiger partial charge in [-0.15, -0.1) is 0 Å². The molecule has 2 rings (SSSR count). The summed E-state index contributed by atoms with van der Waals surface area (Å²) in [5.41, 5.74) is 2.52. The Morgan fingerprint density at radius 2 is 2.07 bits per heavy atom. The van der Waals surface area contributed by atoms with Crippen LogP contribution in [0.5, 0.6) is 0 Å². The molecule has 1 saturated heterocycles. The van der Waals surface area contributed by atoms with E-state index in [1.807, 2.05) is 4.97 Å². The molecule has 1 fully saturated rings. The molecule has 2 nitrogen and oxygen atoms in total. The van der Waals surface area contributed by atoms with Crippen molar-refractivity contribution in [3.05, 3.63) is 29.8 Å². The number of nitrogens with zero attached hydrogens (tertiary/aromatic N) is 1. The first-order chi connectivity index (χ1) is 7.25. The van der Waals surface area contributed by atoms with Gasteiger partial charge in [-0.25, -0.2) is 0 Å². The van der Waals surface area contributed by atoms with Crippen molar-refractivity contribution in [1.29, 1.82) is 0 Å². The highest BCUT2D eigenvalue weighted by Crippen LogP contribution is 2.19. The van der Waals surface area contributed by atoms with Gasteiger partial charge in [0.1, 0.15) is 0 Å². The van der Waals surface area contributed by atoms with E-state index >= 15 is 0 Å². The normalized spacial score (nSPS) is 15.8. The van der Waals surface area contributed by atoms with Crippen molar-refractivity contribution < 1.29 is 4.84 Å². The fourth-order valence-electron chi connectivity index (χ4n) is 1.80. The highest BCUT2D eigenvalue weighted by molar-refractivity contribution is 6.41. The number of hydrogen-bond acceptors (Lipinski definition) is 2. The van der Waals surface area contributed by atoms with Crippen molar-refractivity contribution >= 4 is 13.1 Å². The number of hydrogen-bond donors (Lipinski definition) is 0. The van der Waals surface area contributed by atoms with Gasteiger partial charge in [0.2, 0.25) is 0 Å². The van der Waals surface area contributed by atoms with E-state index in [1.165, 1.54) is 5.56 Å². The molecular weight excluding hydrogens is 185 g/mol. The quantitative estimate of drug-likeness (QED) is 0.698. The second-order valence-corrected chi connectivity index (χ2v) is 4.39. The fourth-order valence-corrected chi connectivity index (χ4v) is 1.80. The van der Waals surface area contributed by atoms with Gasteiger partial charge in [-0.2, -0.15) is 0 Å². The summed E-state index contributed by atoms with van der Waals surface area (Å²) >= 11 is 0. The predicted molar refractivity (Wildman–Crippen MR) is 64.0 cm³/mol. The van der Waals surface area contributed by atoms with E-state index in [0.29, 0.717) is 5.92 Å². The number of anilines is 1. The van der Waals surface area contributed by atoms with Crippen molar-refractivity contribution in [2.75, 3.05) is 11.6 Å². The van der Waals surface area contributed by atoms with Crippen LogP contribution in [-0.2, 0) is 11.3 Å². The molecule has 3 heteroatoms. The van der Waals surface area contributed by atoms with E-state index < -0.39 is 0 Å². The molecule has 0 aromatic heterocycles. The maximum Gasteiger partial charge on any atom is 0.288 e. The molecule has 0 atom stereocenters. The second kappa shape index (κ2) is 4.71. The topological polar surface area (TPSA) is 12.5 Å². The smallest absolute Gasteiger partial charge is 0.288 e. The Hall–Kier alpha value is -0.955. The van der Waals surface area contributed by atoms with Crippen LogP contribution in [0, 0.1) is 5.92 Å². The first kappa shape index (κ1) is 10.6. The van der Waals surface area contributed by atoms with Crippen LogP contribution in [0.4, 0.5) is 5.69 Å². The van der Waals surface area contributed by atoms with Gasteiger partial charge in [0.05, 0.1) is 6.61 Å². The minimum Gasteiger partial charge on any atom is -0.306 e. The third-order valence-electron chi connectivity index (χ3n) is 2.48. The van der Waals surface area contributed by atoms with Crippen LogP contribution in [0.3, 0.4) is 0 Å². The van der Waals surface area contributed by atoms with Gasteiger partial charge >= 0.3 is 0 Å². The Morgan fingerprint density at radius 1 is 1.33 bits per heavy atom. The second-order valence-electron chi connectivity index (χ2n) is 4.39.